The highest BCUT2D eigenvalue weighted by Crippen LogP contribution is 2.18. The molecule has 0 atom stereocenters. The van der Waals surface area contributed by atoms with Crippen LogP contribution in [0.4, 0.5) is 0 Å². The molecule has 0 spiro atoms. The topological polar surface area (TPSA) is 79.8 Å². The van der Waals surface area contributed by atoms with Crippen LogP contribution in [0.2, 0.25) is 0 Å². The van der Waals surface area contributed by atoms with Gasteiger partial charge in [-0.2, -0.15) is 0 Å². The van der Waals surface area contributed by atoms with Crippen LogP contribution in [0.3, 0.4) is 0 Å². The second-order valence-corrected chi connectivity index (χ2v) is 8.07. The van der Waals surface area contributed by atoms with Gasteiger partial charge in [0.1, 0.15) is 12.4 Å². The van der Waals surface area contributed by atoms with Gasteiger partial charge in [-0.25, -0.2) is 13.4 Å². The van der Waals surface area contributed by atoms with Gasteiger partial charge < -0.3 is 15.4 Å². The van der Waals surface area contributed by atoms with Crippen LogP contribution in [-0.2, 0) is 16.4 Å². The Hall–Kier alpha value is -2.07. The lowest BCUT2D eigenvalue weighted by Crippen LogP contribution is -2.39. The van der Waals surface area contributed by atoms with Gasteiger partial charge in [-0.15, -0.1) is 24.0 Å². The van der Waals surface area contributed by atoms with E-state index in [0.717, 1.165) is 11.3 Å². The van der Waals surface area contributed by atoms with Crippen molar-refractivity contribution in [2.24, 2.45) is 4.99 Å². The lowest BCUT2D eigenvalue weighted by molar-refractivity contribution is 0.359. The lowest BCUT2D eigenvalue weighted by Gasteiger charge is -2.13. The van der Waals surface area contributed by atoms with Gasteiger partial charge in [0.25, 0.3) is 0 Å². The molecule has 2 rings (SSSR count). The van der Waals surface area contributed by atoms with Crippen LogP contribution in [0.1, 0.15) is 12.5 Å². The molecule has 0 aliphatic heterocycles. The Morgan fingerprint density at radius 2 is 1.79 bits per heavy atom. The molecule has 8 heteroatoms. The minimum Gasteiger partial charge on any atom is -0.489 e. The van der Waals surface area contributed by atoms with Crippen LogP contribution in [0.5, 0.6) is 5.75 Å². The Kier molecular flexibility index (Phi) is 11.4. The molecule has 6 nitrogen and oxygen atoms in total. The number of aliphatic imine (C=N–C) groups is 1. The zero-order chi connectivity index (χ0) is 20.2. The van der Waals surface area contributed by atoms with Gasteiger partial charge in [-0.3, -0.25) is 0 Å². The van der Waals surface area contributed by atoms with E-state index < -0.39 is 9.84 Å². The molecule has 2 aromatic rings. The third-order valence-electron chi connectivity index (χ3n) is 3.85. The number of sulfone groups is 1. The Morgan fingerprint density at radius 1 is 1.10 bits per heavy atom. The van der Waals surface area contributed by atoms with E-state index in [1.807, 2.05) is 31.2 Å². The fourth-order valence-corrected chi connectivity index (χ4v) is 3.66. The number of nitrogens with zero attached hydrogens (tertiary/aromatic N) is 1. The lowest BCUT2D eigenvalue weighted by atomic mass is 10.2. The van der Waals surface area contributed by atoms with Gasteiger partial charge in [-0.05, 0) is 25.1 Å². The molecule has 2 aromatic carbocycles. The average molecular weight is 529 g/mol. The summed E-state index contributed by atoms with van der Waals surface area (Å²) < 4.78 is 30.4. The molecule has 0 radical (unpaired) electrons. The Bertz CT molecular complexity index is 887. The summed E-state index contributed by atoms with van der Waals surface area (Å²) in [5.74, 6) is 1.30. The van der Waals surface area contributed by atoms with Gasteiger partial charge in [0.15, 0.2) is 15.8 Å². The third kappa shape index (κ3) is 8.45. The van der Waals surface area contributed by atoms with Gasteiger partial charge in [0, 0.05) is 18.7 Å². The number of ether oxygens (including phenoxy) is 1. The molecule has 0 amide bonds. The first-order chi connectivity index (χ1) is 13.6. The summed E-state index contributed by atoms with van der Waals surface area (Å²) in [5.41, 5.74) is 0.943. The maximum absolute atomic E-state index is 12.4. The number of nitrogens with one attached hydrogen (secondary N) is 2. The molecular weight excluding hydrogens is 501 g/mol. The molecule has 158 valence electrons. The molecule has 29 heavy (non-hydrogen) atoms. The van der Waals surface area contributed by atoms with E-state index in [1.165, 1.54) is 0 Å². The van der Waals surface area contributed by atoms with Crippen LogP contribution in [-0.4, -0.2) is 39.8 Å². The smallest absolute Gasteiger partial charge is 0.191 e. The number of halogens is 1. The molecular formula is C21H28IN3O3S. The molecule has 0 aromatic heterocycles. The Morgan fingerprint density at radius 3 is 2.48 bits per heavy atom. The Balaban J connectivity index is 0.00000420. The average Bonchev–Trinajstić information content (AvgIpc) is 2.71. The van der Waals surface area contributed by atoms with Crippen LogP contribution >= 0.6 is 24.0 Å². The van der Waals surface area contributed by atoms with Crippen molar-refractivity contribution >= 4 is 39.8 Å². The van der Waals surface area contributed by atoms with E-state index in [0.29, 0.717) is 30.6 Å². The monoisotopic (exact) mass is 529 g/mol. The van der Waals surface area contributed by atoms with Crippen molar-refractivity contribution in [2.45, 2.75) is 18.4 Å². The zero-order valence-corrected chi connectivity index (χ0v) is 19.7. The van der Waals surface area contributed by atoms with E-state index in [2.05, 4.69) is 22.2 Å². The van der Waals surface area contributed by atoms with Gasteiger partial charge in [0.2, 0.25) is 0 Å². The quantitative estimate of drug-likeness (QED) is 0.214. The predicted octanol–water partition coefficient (Wildman–Crippen LogP) is 3.40. The number of benzene rings is 2. The highest BCUT2D eigenvalue weighted by molar-refractivity contribution is 14.0. The van der Waals surface area contributed by atoms with Crippen LogP contribution in [0.25, 0.3) is 0 Å². The second-order valence-electron chi connectivity index (χ2n) is 5.96. The minimum atomic E-state index is -3.33. The molecule has 0 aliphatic rings. The SMILES string of the molecule is C=CCOc1ccccc1CN=C(NCC)NCCS(=O)(=O)c1ccccc1.I. The van der Waals surface area contributed by atoms with Crippen LogP contribution < -0.4 is 15.4 Å². The van der Waals surface area contributed by atoms with Crippen LogP contribution in [0, 0.1) is 0 Å². The van der Waals surface area contributed by atoms with Gasteiger partial charge in [0.05, 0.1) is 17.2 Å². The molecule has 0 bridgehead atoms. The standard InChI is InChI=1S/C21H27N3O3S.HI/c1-3-15-27-20-13-9-8-10-18(20)17-24-21(22-4-2)23-14-16-28(25,26)19-11-6-5-7-12-19;/h3,5-13H,1,4,14-17H2,2H3,(H2,22,23,24);1H. The summed E-state index contributed by atoms with van der Waals surface area (Å²) in [6.07, 6.45) is 1.69. The van der Waals surface area contributed by atoms with Crippen molar-refractivity contribution in [1.29, 1.82) is 0 Å². The second kappa shape index (κ2) is 13.2. The fraction of sp³-hybridized carbons (Fsp3) is 0.286. The number of guanidine groups is 1. The minimum absolute atomic E-state index is 0. The van der Waals surface area contributed by atoms with Crippen LogP contribution in [0.15, 0.2) is 77.1 Å². The maximum atomic E-state index is 12.4. The van der Waals surface area contributed by atoms with Crippen molar-refractivity contribution in [3.63, 3.8) is 0 Å². The molecule has 2 N–H and O–H groups in total. The first-order valence-electron chi connectivity index (χ1n) is 9.18. The van der Waals surface area contributed by atoms with Gasteiger partial charge in [-0.1, -0.05) is 49.1 Å². The largest absolute Gasteiger partial charge is 0.489 e. The zero-order valence-electron chi connectivity index (χ0n) is 16.5. The summed E-state index contributed by atoms with van der Waals surface area (Å²) in [7, 11) is -3.33. The maximum Gasteiger partial charge on any atom is 0.191 e. The predicted molar refractivity (Wildman–Crippen MR) is 129 cm³/mol. The normalized spacial score (nSPS) is 11.3. The van der Waals surface area contributed by atoms with Crippen molar-refractivity contribution in [3.8, 4) is 5.75 Å². The van der Waals surface area contributed by atoms with E-state index in [4.69, 9.17) is 4.74 Å². The number of hydrogen-bond acceptors (Lipinski definition) is 4. The number of rotatable bonds is 10. The van der Waals surface area contributed by atoms with E-state index in [-0.39, 0.29) is 36.3 Å². The molecule has 0 fully saturated rings. The first-order valence-corrected chi connectivity index (χ1v) is 10.8. The van der Waals surface area contributed by atoms with Crippen molar-refractivity contribution < 1.29 is 13.2 Å². The van der Waals surface area contributed by atoms with E-state index >= 15 is 0 Å². The van der Waals surface area contributed by atoms with Crippen molar-refractivity contribution in [1.82, 2.24) is 10.6 Å². The van der Waals surface area contributed by atoms with E-state index in [1.54, 1.807) is 36.4 Å². The summed E-state index contributed by atoms with van der Waals surface area (Å²) in [4.78, 5) is 4.86. The van der Waals surface area contributed by atoms with Crippen molar-refractivity contribution in [3.05, 3.63) is 72.8 Å². The fourth-order valence-electron chi connectivity index (χ4n) is 2.48. The highest BCUT2D eigenvalue weighted by atomic mass is 127. The first kappa shape index (κ1) is 25.0. The number of para-hydroxylation sites is 1. The summed E-state index contributed by atoms with van der Waals surface area (Å²) >= 11 is 0. The van der Waals surface area contributed by atoms with Crippen molar-refractivity contribution in [2.75, 3.05) is 25.4 Å². The highest BCUT2D eigenvalue weighted by Gasteiger charge is 2.13. The third-order valence-corrected chi connectivity index (χ3v) is 5.58. The molecule has 0 saturated carbocycles. The summed E-state index contributed by atoms with van der Waals surface area (Å²) in [5, 5.41) is 6.21. The molecule has 0 heterocycles. The van der Waals surface area contributed by atoms with E-state index in [9.17, 15) is 8.42 Å². The molecule has 0 saturated heterocycles. The molecule has 0 unspecified atom stereocenters. The summed E-state index contributed by atoms with van der Waals surface area (Å²) in [6.45, 7) is 7.39. The summed E-state index contributed by atoms with van der Waals surface area (Å²) in [6, 6.07) is 16.1. The molecule has 0 aliphatic carbocycles. The van der Waals surface area contributed by atoms with Gasteiger partial charge >= 0.3 is 0 Å². The number of hydrogen-bond donors (Lipinski definition) is 2. The Labute approximate surface area is 190 Å².